The topological polar surface area (TPSA) is 116 Å². The summed E-state index contributed by atoms with van der Waals surface area (Å²) in [6, 6.07) is 13.1. The molecule has 2 aromatic carbocycles. The highest BCUT2D eigenvalue weighted by atomic mass is 32.1. The molecular formula is C29H29N3O6S. The largest absolute Gasteiger partial charge is 0.495 e. The number of hydrogen-bond donors (Lipinski definition) is 1. The molecule has 1 aliphatic rings. The molecule has 0 radical (unpaired) electrons. The summed E-state index contributed by atoms with van der Waals surface area (Å²) in [6.07, 6.45) is 0. The minimum absolute atomic E-state index is 0.204. The van der Waals surface area contributed by atoms with Crippen molar-refractivity contribution >= 4 is 40.6 Å². The van der Waals surface area contributed by atoms with Gasteiger partial charge >= 0.3 is 11.9 Å². The Morgan fingerprint density at radius 2 is 1.74 bits per heavy atom. The monoisotopic (exact) mass is 547 g/mol. The van der Waals surface area contributed by atoms with Crippen molar-refractivity contribution in [3.63, 3.8) is 0 Å². The minimum atomic E-state index is -0.776. The van der Waals surface area contributed by atoms with Crippen molar-refractivity contribution in [1.29, 1.82) is 0 Å². The van der Waals surface area contributed by atoms with E-state index < -0.39 is 23.8 Å². The summed E-state index contributed by atoms with van der Waals surface area (Å²) in [5.41, 5.74) is 5.05. The van der Waals surface area contributed by atoms with E-state index in [0.717, 1.165) is 27.4 Å². The van der Waals surface area contributed by atoms with E-state index in [1.54, 1.807) is 27.0 Å². The summed E-state index contributed by atoms with van der Waals surface area (Å²) in [5.74, 6) is -2.09. The molecule has 0 saturated carbocycles. The van der Waals surface area contributed by atoms with Crippen molar-refractivity contribution in [2.75, 3.05) is 26.6 Å². The number of amides is 1. The van der Waals surface area contributed by atoms with Gasteiger partial charge in [-0.15, -0.1) is 11.3 Å². The van der Waals surface area contributed by atoms with Crippen molar-refractivity contribution < 1.29 is 28.6 Å². The van der Waals surface area contributed by atoms with Gasteiger partial charge in [0.15, 0.2) is 0 Å². The predicted octanol–water partition coefficient (Wildman–Crippen LogP) is 5.24. The summed E-state index contributed by atoms with van der Waals surface area (Å²) in [5, 5.41) is 5.46. The van der Waals surface area contributed by atoms with Crippen LogP contribution >= 0.6 is 11.3 Å². The van der Waals surface area contributed by atoms with Crippen molar-refractivity contribution in [3.05, 3.63) is 64.7 Å². The molecule has 3 aromatic rings. The van der Waals surface area contributed by atoms with Crippen LogP contribution < -0.4 is 10.1 Å². The molecule has 1 aliphatic heterocycles. The highest BCUT2D eigenvalue weighted by molar-refractivity contribution is 7.13. The van der Waals surface area contributed by atoms with Crippen molar-refractivity contribution in [2.24, 2.45) is 10.9 Å². The van der Waals surface area contributed by atoms with Gasteiger partial charge in [0.25, 0.3) is 0 Å². The zero-order valence-electron chi connectivity index (χ0n) is 22.5. The maximum Gasteiger partial charge on any atom is 0.336 e. The minimum Gasteiger partial charge on any atom is -0.495 e. The van der Waals surface area contributed by atoms with E-state index in [1.807, 2.05) is 41.8 Å². The Kier molecular flexibility index (Phi) is 8.25. The number of esters is 2. The number of allylic oxidation sites excluding steroid dienone is 1. The number of nitrogens with zero attached hydrogens (tertiary/aromatic N) is 2. The number of aromatic nitrogens is 1. The van der Waals surface area contributed by atoms with Crippen molar-refractivity contribution in [1.82, 2.24) is 4.98 Å². The summed E-state index contributed by atoms with van der Waals surface area (Å²) in [7, 11) is 4.17. The number of carbonyl (C=O) groups is 3. The number of thiazole rings is 1. The van der Waals surface area contributed by atoms with Crippen LogP contribution in [0.3, 0.4) is 0 Å². The molecule has 2 heterocycles. The molecule has 10 heteroatoms. The van der Waals surface area contributed by atoms with E-state index in [0.29, 0.717) is 28.4 Å². The lowest BCUT2D eigenvalue weighted by atomic mass is 9.75. The van der Waals surface area contributed by atoms with Gasteiger partial charge in [0.1, 0.15) is 16.7 Å². The SMILES string of the molecule is COC(=O)C1=C(C)N=C(C)C(C(=O)OC)C1c1cccc(-c2nc(-c3ccc(OC)c(NC(C)=O)c3)cs2)c1. The second-order valence-corrected chi connectivity index (χ2v) is 9.84. The number of nitrogens with one attached hydrogen (secondary N) is 1. The molecule has 2 unspecified atom stereocenters. The first-order chi connectivity index (χ1) is 18.7. The molecule has 4 rings (SSSR count). The second kappa shape index (κ2) is 11.6. The van der Waals surface area contributed by atoms with Gasteiger partial charge in [-0.05, 0) is 43.7 Å². The Morgan fingerprint density at radius 1 is 0.974 bits per heavy atom. The molecule has 2 atom stereocenters. The van der Waals surface area contributed by atoms with Crippen LogP contribution in [0.25, 0.3) is 21.8 Å². The number of methoxy groups -OCH3 is 3. The number of benzene rings is 2. The van der Waals surface area contributed by atoms with Crippen LogP contribution in [0.15, 0.2) is 64.1 Å². The smallest absolute Gasteiger partial charge is 0.336 e. The molecule has 0 fully saturated rings. The maximum atomic E-state index is 12.9. The molecule has 39 heavy (non-hydrogen) atoms. The third-order valence-corrected chi connectivity index (χ3v) is 7.38. The zero-order chi connectivity index (χ0) is 28.3. The van der Waals surface area contributed by atoms with Gasteiger partial charge in [-0.1, -0.05) is 18.2 Å². The molecule has 1 amide bonds. The van der Waals surface area contributed by atoms with Gasteiger partial charge in [0, 0.05) is 40.8 Å². The summed E-state index contributed by atoms with van der Waals surface area (Å²) in [4.78, 5) is 46.6. The molecular weight excluding hydrogens is 518 g/mol. The van der Waals surface area contributed by atoms with Crippen LogP contribution in [0, 0.1) is 5.92 Å². The van der Waals surface area contributed by atoms with Crippen LogP contribution in [0.1, 0.15) is 32.3 Å². The van der Waals surface area contributed by atoms with Crippen LogP contribution in [-0.2, 0) is 23.9 Å². The van der Waals surface area contributed by atoms with Gasteiger partial charge in [0.2, 0.25) is 5.91 Å². The number of aliphatic imine (C=N–C) groups is 1. The van der Waals surface area contributed by atoms with E-state index in [1.165, 1.54) is 32.5 Å². The van der Waals surface area contributed by atoms with Gasteiger partial charge in [0.05, 0.1) is 38.3 Å². The lowest BCUT2D eigenvalue weighted by molar-refractivity contribution is -0.143. The third-order valence-electron chi connectivity index (χ3n) is 6.49. The van der Waals surface area contributed by atoms with Crippen LogP contribution in [0.5, 0.6) is 5.75 Å². The number of ether oxygens (including phenoxy) is 3. The van der Waals surface area contributed by atoms with Crippen LogP contribution in [0.4, 0.5) is 5.69 Å². The summed E-state index contributed by atoms with van der Waals surface area (Å²) in [6.45, 7) is 4.93. The highest BCUT2D eigenvalue weighted by Crippen LogP contribution is 2.41. The lowest BCUT2D eigenvalue weighted by Gasteiger charge is -2.31. The first-order valence-corrected chi connectivity index (χ1v) is 13.0. The molecule has 1 N–H and O–H groups in total. The van der Waals surface area contributed by atoms with Gasteiger partial charge in [-0.25, -0.2) is 9.78 Å². The first-order valence-electron chi connectivity index (χ1n) is 12.1. The molecule has 0 spiro atoms. The molecule has 9 nitrogen and oxygen atoms in total. The van der Waals surface area contributed by atoms with E-state index in [-0.39, 0.29) is 5.91 Å². The van der Waals surface area contributed by atoms with Crippen LogP contribution in [0.2, 0.25) is 0 Å². The average Bonchev–Trinajstić information content (AvgIpc) is 3.42. The Morgan fingerprint density at radius 3 is 2.41 bits per heavy atom. The quantitative estimate of drug-likeness (QED) is 0.402. The fourth-order valence-corrected chi connectivity index (χ4v) is 5.59. The Hall–Kier alpha value is -4.31. The Bertz CT molecular complexity index is 1510. The number of hydrogen-bond acceptors (Lipinski definition) is 9. The predicted molar refractivity (Wildman–Crippen MR) is 150 cm³/mol. The van der Waals surface area contributed by atoms with Crippen molar-refractivity contribution in [2.45, 2.75) is 26.7 Å². The Labute approximate surface area is 230 Å². The van der Waals surface area contributed by atoms with Gasteiger partial charge in [-0.2, -0.15) is 0 Å². The lowest BCUT2D eigenvalue weighted by Crippen LogP contribution is -2.36. The van der Waals surface area contributed by atoms with E-state index in [4.69, 9.17) is 19.2 Å². The molecule has 202 valence electrons. The fraction of sp³-hybridized carbons (Fsp3) is 0.276. The average molecular weight is 548 g/mol. The van der Waals surface area contributed by atoms with E-state index >= 15 is 0 Å². The summed E-state index contributed by atoms with van der Waals surface area (Å²) < 4.78 is 15.5. The standard InChI is InChI=1S/C29H29N3O6S/c1-15-24(28(34)37-5)26(25(16(2)30-15)29(35)38-6)19-8-7-9-20(12-19)27-32-22(14-39-27)18-10-11-23(36-4)21(13-18)31-17(3)33/h7-14,24,26H,1-6H3,(H,31,33). The van der Waals surface area contributed by atoms with Crippen LogP contribution in [-0.4, -0.2) is 49.9 Å². The summed E-state index contributed by atoms with van der Waals surface area (Å²) >= 11 is 1.46. The molecule has 0 aliphatic carbocycles. The third kappa shape index (κ3) is 5.61. The number of rotatable bonds is 7. The first kappa shape index (κ1) is 27.7. The second-order valence-electron chi connectivity index (χ2n) is 8.98. The molecule has 1 aromatic heterocycles. The number of carbonyl (C=O) groups excluding carboxylic acids is 3. The number of anilines is 1. The van der Waals surface area contributed by atoms with E-state index in [9.17, 15) is 14.4 Å². The van der Waals surface area contributed by atoms with Gasteiger partial charge in [-0.3, -0.25) is 14.6 Å². The molecule has 0 saturated heterocycles. The highest BCUT2D eigenvalue weighted by Gasteiger charge is 2.42. The van der Waals surface area contributed by atoms with E-state index in [2.05, 4.69) is 10.3 Å². The molecule has 0 bridgehead atoms. The van der Waals surface area contributed by atoms with Gasteiger partial charge < -0.3 is 19.5 Å². The fourth-order valence-electron chi connectivity index (χ4n) is 4.76. The normalized spacial score (nSPS) is 16.8. The maximum absolute atomic E-state index is 12.9. The van der Waals surface area contributed by atoms with Crippen molar-refractivity contribution in [3.8, 4) is 27.6 Å². The Balaban J connectivity index is 1.75. The zero-order valence-corrected chi connectivity index (χ0v) is 23.3.